The summed E-state index contributed by atoms with van der Waals surface area (Å²) in [6, 6.07) is 22.7. The van der Waals surface area contributed by atoms with Crippen LogP contribution in [-0.2, 0) is 0 Å². The Kier molecular flexibility index (Phi) is 8.45. The quantitative estimate of drug-likeness (QED) is 0.425. The van der Waals surface area contributed by atoms with Gasteiger partial charge in [0.25, 0.3) is 0 Å². The molecule has 0 spiro atoms. The highest BCUT2D eigenvalue weighted by Gasteiger charge is 2.19. The first kappa shape index (κ1) is 19.6. The molecule has 0 aromatic heterocycles. The lowest BCUT2D eigenvalue weighted by atomic mass is 9.98. The Bertz CT molecular complexity index is 533. The minimum Gasteiger partial charge on any atom is -0.306 e. The summed E-state index contributed by atoms with van der Waals surface area (Å²) in [6.07, 6.45) is 3.83. The Morgan fingerprint density at radius 3 is 1.83 bits per heavy atom. The van der Waals surface area contributed by atoms with Crippen molar-refractivity contribution in [2.45, 2.75) is 25.8 Å². The van der Waals surface area contributed by atoms with Crippen molar-refractivity contribution >= 4 is 34.5 Å². The highest BCUT2D eigenvalue weighted by Crippen LogP contribution is 2.35. The van der Waals surface area contributed by atoms with E-state index in [2.05, 4.69) is 103 Å². The lowest BCUT2D eigenvalue weighted by molar-refractivity contribution is 0.233. The Morgan fingerprint density at radius 2 is 1.42 bits per heavy atom. The number of rotatable bonds is 9. The van der Waals surface area contributed by atoms with Gasteiger partial charge in [-0.2, -0.15) is 0 Å². The van der Waals surface area contributed by atoms with E-state index in [4.69, 9.17) is 0 Å². The van der Waals surface area contributed by atoms with Crippen LogP contribution in [0.5, 0.6) is 0 Å². The van der Waals surface area contributed by atoms with Gasteiger partial charge in [0.15, 0.2) is 0 Å². The summed E-state index contributed by atoms with van der Waals surface area (Å²) in [5.74, 6) is 0.711. The van der Waals surface area contributed by atoms with E-state index in [1.54, 1.807) is 0 Å². The molecule has 0 saturated carbocycles. The second-order valence-corrected chi connectivity index (χ2v) is 9.57. The van der Waals surface area contributed by atoms with Crippen LogP contribution >= 0.6 is 23.9 Å². The van der Waals surface area contributed by atoms with Gasteiger partial charge in [0.05, 0.1) is 0 Å². The van der Waals surface area contributed by atoms with E-state index in [0.29, 0.717) is 12.0 Å². The lowest BCUT2D eigenvalue weighted by Gasteiger charge is -2.28. The maximum atomic E-state index is 3.72. The molecule has 130 valence electrons. The van der Waals surface area contributed by atoms with Crippen LogP contribution in [0.4, 0.5) is 0 Å². The summed E-state index contributed by atoms with van der Waals surface area (Å²) in [5, 5.41) is 4.07. The van der Waals surface area contributed by atoms with Crippen LogP contribution in [0.2, 0.25) is 0 Å². The Hall–Kier alpha value is -0.690. The molecule has 0 bridgehead atoms. The summed E-state index contributed by atoms with van der Waals surface area (Å²) in [5.41, 5.74) is 0. The zero-order chi connectivity index (χ0) is 17.4. The van der Waals surface area contributed by atoms with Crippen LogP contribution in [0, 0.1) is 5.92 Å². The summed E-state index contributed by atoms with van der Waals surface area (Å²) in [7, 11) is 4.11. The number of benzene rings is 2. The van der Waals surface area contributed by atoms with Gasteiger partial charge in [0.2, 0.25) is 0 Å². The SMILES string of the molecule is C[C@H](C(CBr)CCCP(c1ccccc1)c1ccccc1)N(C)C. The average Bonchev–Trinajstić information content (AvgIpc) is 2.63. The van der Waals surface area contributed by atoms with E-state index < -0.39 is 0 Å². The molecule has 0 aliphatic rings. The fraction of sp³-hybridized carbons (Fsp3) is 0.429. The number of hydrogen-bond donors (Lipinski definition) is 0. The third kappa shape index (κ3) is 5.69. The standard InChI is InChI=1S/C21H29BrNP/c1-18(23(2)3)19(17-22)11-10-16-24(20-12-6-4-7-13-20)21-14-8-5-9-15-21/h4-9,12-15,18-19H,10-11,16-17H2,1-3H3/t18-,19?/m1/s1. The van der Waals surface area contributed by atoms with Crippen molar-refractivity contribution in [3.8, 4) is 0 Å². The molecule has 1 unspecified atom stereocenters. The molecule has 0 aliphatic carbocycles. The molecule has 0 aliphatic heterocycles. The van der Waals surface area contributed by atoms with Crippen molar-refractivity contribution in [1.29, 1.82) is 0 Å². The van der Waals surface area contributed by atoms with E-state index in [0.717, 1.165) is 5.33 Å². The lowest BCUT2D eigenvalue weighted by Crippen LogP contribution is -2.33. The maximum absolute atomic E-state index is 3.72. The second-order valence-electron chi connectivity index (χ2n) is 6.58. The molecule has 0 heterocycles. The first-order valence-corrected chi connectivity index (χ1v) is 11.4. The van der Waals surface area contributed by atoms with E-state index in [1.807, 2.05) is 0 Å². The highest BCUT2D eigenvalue weighted by molar-refractivity contribution is 9.09. The summed E-state index contributed by atoms with van der Waals surface area (Å²) >= 11 is 3.72. The van der Waals surface area contributed by atoms with Crippen molar-refractivity contribution in [2.75, 3.05) is 25.6 Å². The maximum Gasteiger partial charge on any atom is 0.00970 e. The molecule has 0 N–H and O–H groups in total. The summed E-state index contributed by atoms with van der Waals surface area (Å²) in [4.78, 5) is 2.34. The predicted octanol–water partition coefficient (Wildman–Crippen LogP) is 4.86. The van der Waals surface area contributed by atoms with Crippen molar-refractivity contribution < 1.29 is 0 Å². The van der Waals surface area contributed by atoms with Crippen molar-refractivity contribution in [2.24, 2.45) is 5.92 Å². The zero-order valence-corrected chi connectivity index (χ0v) is 17.5. The molecule has 0 fully saturated rings. The van der Waals surface area contributed by atoms with Gasteiger partial charge in [-0.3, -0.25) is 0 Å². The van der Waals surface area contributed by atoms with Crippen molar-refractivity contribution in [1.82, 2.24) is 4.90 Å². The molecule has 3 heteroatoms. The van der Waals surface area contributed by atoms with Crippen LogP contribution in [0.25, 0.3) is 0 Å². The molecule has 0 radical (unpaired) electrons. The Morgan fingerprint density at radius 1 is 0.917 bits per heavy atom. The fourth-order valence-corrected chi connectivity index (χ4v) is 6.25. The molecule has 2 rings (SSSR count). The third-order valence-electron chi connectivity index (χ3n) is 4.79. The smallest absolute Gasteiger partial charge is 0.00970 e. The second kappa shape index (κ2) is 10.3. The van der Waals surface area contributed by atoms with Crippen LogP contribution in [0.1, 0.15) is 19.8 Å². The number of halogens is 1. The topological polar surface area (TPSA) is 3.24 Å². The van der Waals surface area contributed by atoms with Crippen LogP contribution in [0.3, 0.4) is 0 Å². The molecular weight excluding hydrogens is 377 g/mol. The van der Waals surface area contributed by atoms with E-state index in [1.165, 1.54) is 29.6 Å². The molecule has 1 nitrogen and oxygen atoms in total. The fourth-order valence-electron chi connectivity index (χ4n) is 3.00. The minimum atomic E-state index is -0.250. The van der Waals surface area contributed by atoms with Crippen molar-refractivity contribution in [3.63, 3.8) is 0 Å². The number of nitrogens with zero attached hydrogens (tertiary/aromatic N) is 1. The van der Waals surface area contributed by atoms with Gasteiger partial charge in [-0.1, -0.05) is 76.6 Å². The van der Waals surface area contributed by atoms with Crippen molar-refractivity contribution in [3.05, 3.63) is 60.7 Å². The predicted molar refractivity (Wildman–Crippen MR) is 114 cm³/mol. The molecule has 2 aromatic carbocycles. The van der Waals surface area contributed by atoms with Crippen LogP contribution in [0.15, 0.2) is 60.7 Å². The third-order valence-corrected chi connectivity index (χ3v) is 8.23. The first-order valence-electron chi connectivity index (χ1n) is 8.73. The molecule has 24 heavy (non-hydrogen) atoms. The van der Waals surface area contributed by atoms with Gasteiger partial charge >= 0.3 is 0 Å². The Balaban J connectivity index is 2.04. The number of hydrogen-bond acceptors (Lipinski definition) is 1. The first-order chi connectivity index (χ1) is 11.6. The van der Waals surface area contributed by atoms with E-state index >= 15 is 0 Å². The van der Waals surface area contributed by atoms with Gasteiger partial charge in [-0.15, -0.1) is 0 Å². The number of alkyl halides is 1. The van der Waals surface area contributed by atoms with Crippen LogP contribution in [-0.4, -0.2) is 36.5 Å². The largest absolute Gasteiger partial charge is 0.306 e. The van der Waals surface area contributed by atoms with Crippen LogP contribution < -0.4 is 10.6 Å². The minimum absolute atomic E-state index is 0.250. The average molecular weight is 406 g/mol. The molecular formula is C21H29BrNP. The zero-order valence-electron chi connectivity index (χ0n) is 15.0. The van der Waals surface area contributed by atoms with Gasteiger partial charge < -0.3 is 4.90 Å². The highest BCUT2D eigenvalue weighted by atomic mass is 79.9. The Labute approximate surface area is 157 Å². The van der Waals surface area contributed by atoms with E-state index in [9.17, 15) is 0 Å². The molecule has 0 saturated heterocycles. The van der Waals surface area contributed by atoms with Gasteiger partial charge in [-0.25, -0.2) is 0 Å². The molecule has 0 amide bonds. The normalized spacial score (nSPS) is 14.1. The van der Waals surface area contributed by atoms with Gasteiger partial charge in [-0.05, 0) is 64.5 Å². The summed E-state index contributed by atoms with van der Waals surface area (Å²) in [6.45, 7) is 2.34. The monoisotopic (exact) mass is 405 g/mol. The molecule has 2 aromatic rings. The van der Waals surface area contributed by atoms with Gasteiger partial charge in [0.1, 0.15) is 0 Å². The van der Waals surface area contributed by atoms with Gasteiger partial charge in [0, 0.05) is 11.4 Å². The molecule has 2 atom stereocenters. The summed E-state index contributed by atoms with van der Waals surface area (Å²) < 4.78 is 0. The van der Waals surface area contributed by atoms with E-state index in [-0.39, 0.29) is 7.92 Å².